The van der Waals surface area contributed by atoms with Crippen LogP contribution in [0.1, 0.15) is 44.7 Å². The van der Waals surface area contributed by atoms with Crippen LogP contribution in [-0.4, -0.2) is 32.4 Å². The third-order valence-electron chi connectivity index (χ3n) is 6.91. The number of hydrogen-bond donors (Lipinski definition) is 0. The minimum absolute atomic E-state index is 0.233. The van der Waals surface area contributed by atoms with E-state index in [4.69, 9.17) is 14.2 Å². The van der Waals surface area contributed by atoms with Gasteiger partial charge < -0.3 is 14.2 Å². The van der Waals surface area contributed by atoms with E-state index in [0.717, 1.165) is 35.0 Å². The first-order valence-electron chi connectivity index (χ1n) is 11.9. The van der Waals surface area contributed by atoms with Gasteiger partial charge in [-0.1, -0.05) is 6.08 Å². The molecule has 8 nitrogen and oxygen atoms in total. The molecule has 0 N–H and O–H groups in total. The monoisotopic (exact) mass is 479 g/mol. The van der Waals surface area contributed by atoms with Crippen molar-refractivity contribution in [2.45, 2.75) is 57.6 Å². The molecule has 0 radical (unpaired) electrons. The zero-order chi connectivity index (χ0) is 24.3. The van der Waals surface area contributed by atoms with Crippen LogP contribution in [0.3, 0.4) is 0 Å². The molecule has 2 unspecified atom stereocenters. The first kappa shape index (κ1) is 21.9. The van der Waals surface area contributed by atoms with Gasteiger partial charge in [-0.2, -0.15) is 0 Å². The minimum Gasteiger partial charge on any atom is -0.483 e. The zero-order valence-corrected chi connectivity index (χ0v) is 19.6. The van der Waals surface area contributed by atoms with Crippen LogP contribution >= 0.6 is 0 Å². The Morgan fingerprint density at radius 2 is 1.86 bits per heavy atom. The van der Waals surface area contributed by atoms with Gasteiger partial charge in [0.2, 0.25) is 0 Å². The highest BCUT2D eigenvalue weighted by atomic mass is 19.1. The molecular weight excluding hydrogens is 453 g/mol. The topological polar surface area (TPSA) is 76.6 Å². The molecule has 3 aromatic rings. The highest BCUT2D eigenvalue weighted by Crippen LogP contribution is 2.47. The van der Waals surface area contributed by atoms with Gasteiger partial charge >= 0.3 is 11.4 Å². The fraction of sp³-hybridized carbons (Fsp3) is 0.385. The van der Waals surface area contributed by atoms with Crippen LogP contribution in [0.2, 0.25) is 0 Å². The summed E-state index contributed by atoms with van der Waals surface area (Å²) in [6, 6.07) is 10.3. The number of rotatable bonds is 3. The van der Waals surface area contributed by atoms with E-state index in [9.17, 15) is 14.0 Å². The zero-order valence-electron chi connectivity index (χ0n) is 19.6. The third-order valence-corrected chi connectivity index (χ3v) is 6.91. The molecule has 6 rings (SSSR count). The molecule has 0 saturated carbocycles. The van der Waals surface area contributed by atoms with Gasteiger partial charge in [0.05, 0.1) is 18.8 Å². The van der Waals surface area contributed by atoms with Gasteiger partial charge in [-0.05, 0) is 68.7 Å². The third kappa shape index (κ3) is 3.53. The van der Waals surface area contributed by atoms with Crippen LogP contribution in [0.25, 0.3) is 5.69 Å². The van der Waals surface area contributed by atoms with Crippen molar-refractivity contribution < 1.29 is 18.6 Å². The van der Waals surface area contributed by atoms with Gasteiger partial charge in [0, 0.05) is 18.1 Å². The summed E-state index contributed by atoms with van der Waals surface area (Å²) in [6.45, 7) is 4.81. The maximum Gasteiger partial charge on any atom is 0.352 e. The summed E-state index contributed by atoms with van der Waals surface area (Å²) in [4.78, 5) is 26.9. The second kappa shape index (κ2) is 7.98. The molecule has 1 aromatic heterocycles. The van der Waals surface area contributed by atoms with E-state index in [-0.39, 0.29) is 12.8 Å². The van der Waals surface area contributed by atoms with Crippen LogP contribution < -0.4 is 20.9 Å². The predicted molar refractivity (Wildman–Crippen MR) is 126 cm³/mol. The number of fused-ring (bicyclic) bond motifs is 5. The number of ether oxygens (including phenoxy) is 3. The Labute approximate surface area is 200 Å². The number of hydrogen-bond acceptors (Lipinski definition) is 5. The Morgan fingerprint density at radius 3 is 2.60 bits per heavy atom. The highest BCUT2D eigenvalue weighted by Gasteiger charge is 2.44. The Bertz CT molecular complexity index is 1440. The van der Waals surface area contributed by atoms with Crippen molar-refractivity contribution in [1.82, 2.24) is 13.9 Å². The second-order valence-electron chi connectivity index (χ2n) is 9.59. The molecule has 1 fully saturated rings. The van der Waals surface area contributed by atoms with Gasteiger partial charge in [-0.25, -0.2) is 27.9 Å². The van der Waals surface area contributed by atoms with Crippen molar-refractivity contribution in [3.05, 3.63) is 86.5 Å². The largest absolute Gasteiger partial charge is 0.483 e. The average molecular weight is 480 g/mol. The summed E-state index contributed by atoms with van der Waals surface area (Å²) >= 11 is 0. The predicted octanol–water partition coefficient (Wildman–Crippen LogP) is 3.55. The summed E-state index contributed by atoms with van der Waals surface area (Å²) in [6.07, 6.45) is 4.58. The van der Waals surface area contributed by atoms with Crippen LogP contribution in [0.4, 0.5) is 4.39 Å². The smallest absolute Gasteiger partial charge is 0.352 e. The van der Waals surface area contributed by atoms with Gasteiger partial charge in [-0.3, -0.25) is 0 Å². The molecule has 4 heterocycles. The van der Waals surface area contributed by atoms with Crippen molar-refractivity contribution in [3.8, 4) is 17.2 Å². The van der Waals surface area contributed by atoms with Gasteiger partial charge in [0.1, 0.15) is 29.0 Å². The van der Waals surface area contributed by atoms with E-state index in [1.165, 1.54) is 33.6 Å². The Kier molecular flexibility index (Phi) is 5.00. The summed E-state index contributed by atoms with van der Waals surface area (Å²) in [7, 11) is 0. The fourth-order valence-electron chi connectivity index (χ4n) is 5.22. The Hall–Kier alpha value is -3.59. The lowest BCUT2D eigenvalue weighted by atomic mass is 9.83. The minimum atomic E-state index is -0.712. The molecule has 3 aliphatic rings. The molecule has 35 heavy (non-hydrogen) atoms. The molecule has 0 amide bonds. The second-order valence-corrected chi connectivity index (χ2v) is 9.59. The number of halogens is 1. The van der Waals surface area contributed by atoms with Crippen LogP contribution in [0, 0.1) is 5.82 Å². The lowest BCUT2D eigenvalue weighted by Gasteiger charge is -2.42. The summed E-state index contributed by atoms with van der Waals surface area (Å²) in [5.41, 5.74) is 0.303. The van der Waals surface area contributed by atoms with Gasteiger partial charge in [-0.15, -0.1) is 0 Å². The van der Waals surface area contributed by atoms with Crippen LogP contribution in [0.15, 0.2) is 63.7 Å². The van der Waals surface area contributed by atoms with Crippen molar-refractivity contribution in [1.29, 1.82) is 0 Å². The molecule has 9 heteroatoms. The Balaban J connectivity index is 1.46. The van der Waals surface area contributed by atoms with E-state index >= 15 is 0 Å². The van der Waals surface area contributed by atoms with Crippen molar-refractivity contribution >= 4 is 0 Å². The van der Waals surface area contributed by atoms with Crippen molar-refractivity contribution in [2.75, 3.05) is 6.61 Å². The standard InChI is InChI=1S/C26H26FN3O5/c1-26(2)20-12-13-28-24(31)29(17-8-6-16(27)7-9-17)25(32)30(28)23(20)19-11-10-18(15-21(19)35-26)34-22-5-3-4-14-33-22/h6-12,15,22-23H,3-5,13-14H2,1-2H3. The summed E-state index contributed by atoms with van der Waals surface area (Å²) in [5.74, 6) is 0.780. The number of allylic oxidation sites excluding steroid dienone is 1. The first-order valence-corrected chi connectivity index (χ1v) is 11.9. The molecule has 0 spiro atoms. The van der Waals surface area contributed by atoms with E-state index in [1.807, 2.05) is 38.1 Å². The SMILES string of the molecule is CC1(C)Oc2cc(OC3CCCCO3)ccc2C2C1=CCn1c(=O)n(-c3ccc(F)cc3)c(=O)n12. The maximum absolute atomic E-state index is 13.6. The quantitative estimate of drug-likeness (QED) is 0.537. The van der Waals surface area contributed by atoms with Crippen LogP contribution in [-0.2, 0) is 11.3 Å². The maximum atomic E-state index is 13.6. The van der Waals surface area contributed by atoms with Gasteiger partial charge in [0.15, 0.2) is 6.29 Å². The van der Waals surface area contributed by atoms with Crippen molar-refractivity contribution in [3.63, 3.8) is 0 Å². The molecule has 0 bridgehead atoms. The lowest BCUT2D eigenvalue weighted by molar-refractivity contribution is -0.106. The number of benzene rings is 2. The molecule has 2 atom stereocenters. The number of aromatic nitrogens is 3. The average Bonchev–Trinajstić information content (AvgIpc) is 3.10. The summed E-state index contributed by atoms with van der Waals surface area (Å²) < 4.78 is 35.6. The van der Waals surface area contributed by atoms with Crippen LogP contribution in [0.5, 0.6) is 11.5 Å². The van der Waals surface area contributed by atoms with Crippen molar-refractivity contribution in [2.24, 2.45) is 0 Å². The normalized spacial score (nSPS) is 22.3. The fourth-order valence-corrected chi connectivity index (χ4v) is 5.22. The molecule has 3 aliphatic heterocycles. The number of nitrogens with zero attached hydrogens (tertiary/aromatic N) is 3. The first-order chi connectivity index (χ1) is 16.8. The highest BCUT2D eigenvalue weighted by molar-refractivity contribution is 5.51. The molecule has 182 valence electrons. The molecule has 1 saturated heterocycles. The summed E-state index contributed by atoms with van der Waals surface area (Å²) in [5, 5.41) is 0. The van der Waals surface area contributed by atoms with E-state index in [2.05, 4.69) is 0 Å². The van der Waals surface area contributed by atoms with E-state index < -0.39 is 28.8 Å². The molecule has 2 aromatic carbocycles. The molecular formula is C26H26FN3O5. The van der Waals surface area contributed by atoms with Gasteiger partial charge in [0.25, 0.3) is 0 Å². The Morgan fingerprint density at radius 1 is 1.06 bits per heavy atom. The lowest BCUT2D eigenvalue weighted by Crippen LogP contribution is -2.46. The van der Waals surface area contributed by atoms with E-state index in [0.29, 0.717) is 23.8 Å². The van der Waals surface area contributed by atoms with E-state index in [1.54, 1.807) is 0 Å². The molecule has 0 aliphatic carbocycles.